The van der Waals surface area contributed by atoms with Gasteiger partial charge in [-0.1, -0.05) is 36.4 Å². The summed E-state index contributed by atoms with van der Waals surface area (Å²) in [7, 11) is 0. The second kappa shape index (κ2) is 9.98. The predicted molar refractivity (Wildman–Crippen MR) is 121 cm³/mol. The number of amides is 2. The highest BCUT2D eigenvalue weighted by atomic mass is 16.5. The molecule has 0 fully saturated rings. The lowest BCUT2D eigenvalue weighted by Crippen LogP contribution is -2.28. The van der Waals surface area contributed by atoms with E-state index in [4.69, 9.17) is 9.47 Å². The first-order valence-corrected chi connectivity index (χ1v) is 10.6. The Hall–Kier alpha value is -3.54. The number of anilines is 1. The van der Waals surface area contributed by atoms with Crippen LogP contribution in [0.1, 0.15) is 24.8 Å². The highest BCUT2D eigenvalue weighted by Gasteiger charge is 2.15. The van der Waals surface area contributed by atoms with Crippen LogP contribution >= 0.6 is 0 Å². The maximum absolute atomic E-state index is 12.0. The number of hydrogen-bond donors (Lipinski definition) is 2. The number of nitrogens with one attached hydrogen (secondary N) is 2. The molecule has 0 spiro atoms. The van der Waals surface area contributed by atoms with Gasteiger partial charge in [-0.05, 0) is 48.1 Å². The lowest BCUT2D eigenvalue weighted by molar-refractivity contribution is -0.121. The first-order valence-electron chi connectivity index (χ1n) is 10.6. The molecule has 3 aromatic rings. The number of benzene rings is 3. The topological polar surface area (TPSA) is 76.7 Å². The third-order valence-electron chi connectivity index (χ3n) is 5.22. The summed E-state index contributed by atoms with van der Waals surface area (Å²) in [5.74, 6) is 1.62. The summed E-state index contributed by atoms with van der Waals surface area (Å²) >= 11 is 0. The molecule has 3 aromatic carbocycles. The van der Waals surface area contributed by atoms with E-state index in [0.717, 1.165) is 39.9 Å². The van der Waals surface area contributed by atoms with E-state index in [2.05, 4.69) is 22.8 Å². The molecule has 6 heteroatoms. The minimum absolute atomic E-state index is 0.0155. The summed E-state index contributed by atoms with van der Waals surface area (Å²) in [5, 5.41) is 7.94. The fourth-order valence-corrected chi connectivity index (χ4v) is 3.63. The Balaban J connectivity index is 1.13. The Morgan fingerprint density at radius 2 is 1.84 bits per heavy atom. The second-order valence-corrected chi connectivity index (χ2v) is 7.49. The number of carbonyl (C=O) groups is 2. The molecule has 2 N–H and O–H groups in total. The molecule has 0 aromatic heterocycles. The van der Waals surface area contributed by atoms with Crippen molar-refractivity contribution in [2.24, 2.45) is 0 Å². The lowest BCUT2D eigenvalue weighted by atomic mass is 10.0. The average Bonchev–Trinajstić information content (AvgIpc) is 2.79. The third kappa shape index (κ3) is 5.54. The number of fused-ring (bicyclic) bond motifs is 2. The van der Waals surface area contributed by atoms with Crippen LogP contribution in [-0.4, -0.2) is 31.6 Å². The van der Waals surface area contributed by atoms with Crippen LogP contribution < -0.4 is 20.1 Å². The molecular formula is C25H26N2O4. The molecule has 1 aliphatic rings. The molecule has 31 heavy (non-hydrogen) atoms. The first-order chi connectivity index (χ1) is 15.2. The molecule has 6 nitrogen and oxygen atoms in total. The van der Waals surface area contributed by atoms with Crippen LogP contribution in [0.4, 0.5) is 5.69 Å². The second-order valence-electron chi connectivity index (χ2n) is 7.49. The number of rotatable bonds is 9. The number of carbonyl (C=O) groups excluding carboxylic acids is 2. The van der Waals surface area contributed by atoms with Crippen LogP contribution in [0.15, 0.2) is 60.7 Å². The van der Waals surface area contributed by atoms with Crippen LogP contribution in [0.5, 0.6) is 11.5 Å². The standard InChI is InChI=1S/C25H26N2O4/c28-24(9-4-15-31-23-8-3-6-18-5-1-2-7-21(18)23)26-14-16-30-20-11-12-22-19(17-20)10-13-25(29)27-22/h1-3,5-8,11-12,17H,4,9-10,13-16H2,(H,26,28)(H,27,29). The number of hydrogen-bond acceptors (Lipinski definition) is 4. The molecular weight excluding hydrogens is 392 g/mol. The zero-order valence-electron chi connectivity index (χ0n) is 17.4. The van der Waals surface area contributed by atoms with E-state index in [-0.39, 0.29) is 11.8 Å². The summed E-state index contributed by atoms with van der Waals surface area (Å²) in [6.07, 6.45) is 2.27. The summed E-state index contributed by atoms with van der Waals surface area (Å²) in [5.41, 5.74) is 1.93. The molecule has 1 heterocycles. The van der Waals surface area contributed by atoms with E-state index in [9.17, 15) is 9.59 Å². The van der Waals surface area contributed by atoms with E-state index in [1.54, 1.807) is 0 Å². The molecule has 0 saturated carbocycles. The Morgan fingerprint density at radius 1 is 0.968 bits per heavy atom. The normalized spacial score (nSPS) is 12.7. The summed E-state index contributed by atoms with van der Waals surface area (Å²) in [4.78, 5) is 23.5. The van der Waals surface area contributed by atoms with Gasteiger partial charge >= 0.3 is 0 Å². The average molecular weight is 418 g/mol. The lowest BCUT2D eigenvalue weighted by Gasteiger charge is -2.17. The van der Waals surface area contributed by atoms with E-state index < -0.39 is 0 Å². The highest BCUT2D eigenvalue weighted by molar-refractivity contribution is 5.94. The van der Waals surface area contributed by atoms with E-state index in [1.807, 2.05) is 48.5 Å². The van der Waals surface area contributed by atoms with E-state index >= 15 is 0 Å². The molecule has 0 bridgehead atoms. The minimum atomic E-state index is -0.0155. The van der Waals surface area contributed by atoms with Gasteiger partial charge in [-0.2, -0.15) is 0 Å². The van der Waals surface area contributed by atoms with Gasteiger partial charge in [0.05, 0.1) is 13.2 Å². The molecule has 1 aliphatic heterocycles. The van der Waals surface area contributed by atoms with Crippen molar-refractivity contribution < 1.29 is 19.1 Å². The molecule has 160 valence electrons. The quantitative estimate of drug-likeness (QED) is 0.514. The maximum Gasteiger partial charge on any atom is 0.224 e. The molecule has 0 aliphatic carbocycles. The Bertz CT molecular complexity index is 1070. The zero-order chi connectivity index (χ0) is 21.5. The van der Waals surface area contributed by atoms with E-state index in [1.165, 1.54) is 0 Å². The van der Waals surface area contributed by atoms with Gasteiger partial charge in [-0.3, -0.25) is 9.59 Å². The predicted octanol–water partition coefficient (Wildman–Crippen LogP) is 4.08. The van der Waals surface area contributed by atoms with Crippen molar-refractivity contribution in [2.45, 2.75) is 25.7 Å². The Kier molecular flexibility index (Phi) is 6.67. The van der Waals surface area contributed by atoms with Crippen LogP contribution in [-0.2, 0) is 16.0 Å². The number of ether oxygens (including phenoxy) is 2. The van der Waals surface area contributed by atoms with Gasteiger partial charge in [0.25, 0.3) is 0 Å². The molecule has 0 saturated heterocycles. The Labute approximate surface area is 181 Å². The van der Waals surface area contributed by atoms with E-state index in [0.29, 0.717) is 39.0 Å². The number of aryl methyl sites for hydroxylation is 1. The molecule has 0 atom stereocenters. The minimum Gasteiger partial charge on any atom is -0.493 e. The van der Waals surface area contributed by atoms with Crippen LogP contribution in [0.2, 0.25) is 0 Å². The molecule has 0 unspecified atom stereocenters. The van der Waals surface area contributed by atoms with Crippen molar-refractivity contribution >= 4 is 28.3 Å². The van der Waals surface area contributed by atoms with Gasteiger partial charge in [0.1, 0.15) is 18.1 Å². The largest absolute Gasteiger partial charge is 0.493 e. The van der Waals surface area contributed by atoms with Crippen molar-refractivity contribution in [3.8, 4) is 11.5 Å². The van der Waals surface area contributed by atoms with Gasteiger partial charge < -0.3 is 20.1 Å². The van der Waals surface area contributed by atoms with Gasteiger partial charge in [-0.15, -0.1) is 0 Å². The highest BCUT2D eigenvalue weighted by Crippen LogP contribution is 2.27. The van der Waals surface area contributed by atoms with Crippen molar-refractivity contribution in [2.75, 3.05) is 25.1 Å². The maximum atomic E-state index is 12.0. The van der Waals surface area contributed by atoms with Gasteiger partial charge in [0, 0.05) is 23.9 Å². The SMILES string of the molecule is O=C(CCCOc1cccc2ccccc12)NCCOc1ccc2c(c1)CCC(=O)N2. The van der Waals surface area contributed by atoms with Crippen LogP contribution in [0, 0.1) is 0 Å². The smallest absolute Gasteiger partial charge is 0.224 e. The molecule has 4 rings (SSSR count). The summed E-state index contributed by atoms with van der Waals surface area (Å²) < 4.78 is 11.6. The third-order valence-corrected chi connectivity index (χ3v) is 5.22. The summed E-state index contributed by atoms with van der Waals surface area (Å²) in [6, 6.07) is 19.7. The zero-order valence-corrected chi connectivity index (χ0v) is 17.4. The van der Waals surface area contributed by atoms with Crippen molar-refractivity contribution in [3.63, 3.8) is 0 Å². The van der Waals surface area contributed by atoms with Gasteiger partial charge in [0.15, 0.2) is 0 Å². The molecule has 2 amide bonds. The monoisotopic (exact) mass is 418 g/mol. The van der Waals surface area contributed by atoms with Crippen LogP contribution in [0.25, 0.3) is 10.8 Å². The van der Waals surface area contributed by atoms with Gasteiger partial charge in [0.2, 0.25) is 11.8 Å². The Morgan fingerprint density at radius 3 is 2.77 bits per heavy atom. The first kappa shape index (κ1) is 20.7. The summed E-state index contributed by atoms with van der Waals surface area (Å²) in [6.45, 7) is 1.32. The fraction of sp³-hybridized carbons (Fsp3) is 0.280. The van der Waals surface area contributed by atoms with Crippen LogP contribution in [0.3, 0.4) is 0 Å². The van der Waals surface area contributed by atoms with Crippen molar-refractivity contribution in [1.82, 2.24) is 5.32 Å². The van der Waals surface area contributed by atoms with Crippen molar-refractivity contribution in [3.05, 3.63) is 66.2 Å². The van der Waals surface area contributed by atoms with Gasteiger partial charge in [-0.25, -0.2) is 0 Å². The molecule has 0 radical (unpaired) electrons. The fourth-order valence-electron chi connectivity index (χ4n) is 3.63. The van der Waals surface area contributed by atoms with Crippen molar-refractivity contribution in [1.29, 1.82) is 0 Å².